The average molecular weight is 333 g/mol. The van der Waals surface area contributed by atoms with E-state index in [1.165, 1.54) is 0 Å². The fourth-order valence-corrected chi connectivity index (χ4v) is 3.40. The van der Waals surface area contributed by atoms with Crippen molar-refractivity contribution in [3.63, 3.8) is 0 Å². The molecule has 0 bridgehead atoms. The van der Waals surface area contributed by atoms with Crippen LogP contribution in [0.1, 0.15) is 19.8 Å². The molecule has 1 aromatic carbocycles. The number of rotatable bonds is 4. The van der Waals surface area contributed by atoms with Crippen LogP contribution in [0.5, 0.6) is 5.75 Å². The number of piperidine rings is 1. The highest BCUT2D eigenvalue weighted by atomic mass is 16.5. The van der Waals surface area contributed by atoms with Gasteiger partial charge in [-0.15, -0.1) is 0 Å². The van der Waals surface area contributed by atoms with Crippen LogP contribution in [0.3, 0.4) is 0 Å². The molecule has 132 valence electrons. The van der Waals surface area contributed by atoms with Gasteiger partial charge in [0.25, 0.3) is 0 Å². The molecule has 3 rings (SSSR count). The third-order valence-corrected chi connectivity index (χ3v) is 4.83. The Morgan fingerprint density at radius 3 is 2.88 bits per heavy atom. The van der Waals surface area contributed by atoms with Gasteiger partial charge in [0.15, 0.2) is 0 Å². The van der Waals surface area contributed by atoms with Gasteiger partial charge < -0.3 is 25.0 Å². The minimum atomic E-state index is -0.207. The Balaban J connectivity index is 1.51. The van der Waals surface area contributed by atoms with Crippen LogP contribution in [-0.2, 0) is 9.53 Å². The van der Waals surface area contributed by atoms with Gasteiger partial charge in [0.2, 0.25) is 5.91 Å². The molecule has 6 nitrogen and oxygen atoms in total. The van der Waals surface area contributed by atoms with Crippen LogP contribution in [0.4, 0.5) is 5.69 Å². The molecule has 0 radical (unpaired) electrons. The van der Waals surface area contributed by atoms with Gasteiger partial charge in [0.05, 0.1) is 19.8 Å². The van der Waals surface area contributed by atoms with Crippen molar-refractivity contribution in [1.82, 2.24) is 10.2 Å². The number of benzene rings is 1. The number of nitrogens with zero attached hydrogens (tertiary/aromatic N) is 1. The van der Waals surface area contributed by atoms with Gasteiger partial charge in [-0.3, -0.25) is 4.79 Å². The first-order valence-electron chi connectivity index (χ1n) is 8.72. The Kier molecular flexibility index (Phi) is 5.58. The van der Waals surface area contributed by atoms with Gasteiger partial charge in [-0.1, -0.05) is 6.07 Å². The number of nitrogens with one attached hydrogen (secondary N) is 2. The molecule has 2 atom stereocenters. The molecular weight excluding hydrogens is 306 g/mol. The maximum absolute atomic E-state index is 12.7. The number of carbonyl (C=O) groups excluding carboxylic acids is 1. The molecule has 24 heavy (non-hydrogen) atoms. The number of morpholine rings is 1. The highest BCUT2D eigenvalue weighted by molar-refractivity contribution is 5.82. The van der Waals surface area contributed by atoms with Crippen LogP contribution in [0, 0.1) is 0 Å². The molecule has 0 aliphatic carbocycles. The first kappa shape index (κ1) is 17.0. The van der Waals surface area contributed by atoms with Crippen LogP contribution >= 0.6 is 0 Å². The zero-order chi connectivity index (χ0) is 16.9. The molecule has 0 unspecified atom stereocenters. The second-order valence-corrected chi connectivity index (χ2v) is 6.48. The number of amides is 1. The van der Waals surface area contributed by atoms with Gasteiger partial charge in [0, 0.05) is 37.4 Å². The Morgan fingerprint density at radius 1 is 1.38 bits per heavy atom. The molecule has 6 heteroatoms. The van der Waals surface area contributed by atoms with Crippen molar-refractivity contribution in [2.24, 2.45) is 0 Å². The second kappa shape index (κ2) is 7.85. The van der Waals surface area contributed by atoms with Crippen LogP contribution in [0.25, 0.3) is 0 Å². The molecule has 2 heterocycles. The van der Waals surface area contributed by atoms with Crippen LogP contribution < -0.4 is 15.4 Å². The van der Waals surface area contributed by atoms with E-state index in [9.17, 15) is 4.79 Å². The van der Waals surface area contributed by atoms with E-state index in [1.54, 1.807) is 7.11 Å². The number of ether oxygens (including phenoxy) is 2. The summed E-state index contributed by atoms with van der Waals surface area (Å²) < 4.78 is 10.8. The summed E-state index contributed by atoms with van der Waals surface area (Å²) in [5, 5.41) is 6.83. The van der Waals surface area contributed by atoms with E-state index in [0.29, 0.717) is 12.6 Å². The molecule has 1 aromatic rings. The topological polar surface area (TPSA) is 62.8 Å². The molecule has 2 N–H and O–H groups in total. The van der Waals surface area contributed by atoms with Crippen molar-refractivity contribution in [1.29, 1.82) is 0 Å². The lowest BCUT2D eigenvalue weighted by Gasteiger charge is -2.37. The fraction of sp³-hybridized carbons (Fsp3) is 0.611. The van der Waals surface area contributed by atoms with Crippen molar-refractivity contribution < 1.29 is 14.3 Å². The number of carbonyl (C=O) groups is 1. The number of anilines is 1. The molecule has 1 amide bonds. The fourth-order valence-electron chi connectivity index (χ4n) is 3.40. The monoisotopic (exact) mass is 333 g/mol. The smallest absolute Gasteiger partial charge is 0.242 e. The quantitative estimate of drug-likeness (QED) is 0.874. The molecule has 2 saturated heterocycles. The number of methoxy groups -OCH3 is 1. The summed E-state index contributed by atoms with van der Waals surface area (Å²) in [4.78, 5) is 14.6. The van der Waals surface area contributed by atoms with Crippen molar-refractivity contribution in [2.45, 2.75) is 38.0 Å². The average Bonchev–Trinajstić information content (AvgIpc) is 2.62. The third-order valence-electron chi connectivity index (χ3n) is 4.83. The number of likely N-dealkylation sites (tertiary alicyclic amines) is 1. The third kappa shape index (κ3) is 3.99. The Morgan fingerprint density at radius 2 is 2.17 bits per heavy atom. The van der Waals surface area contributed by atoms with E-state index in [2.05, 4.69) is 10.6 Å². The van der Waals surface area contributed by atoms with E-state index in [1.807, 2.05) is 36.1 Å². The highest BCUT2D eigenvalue weighted by Crippen LogP contribution is 2.21. The summed E-state index contributed by atoms with van der Waals surface area (Å²) in [6.07, 6.45) is 1.84. The lowest BCUT2D eigenvalue weighted by molar-refractivity contribution is -0.140. The Bertz CT molecular complexity index is 558. The summed E-state index contributed by atoms with van der Waals surface area (Å²) in [6, 6.07) is 8.15. The first-order chi connectivity index (χ1) is 11.7. The number of hydrogen-bond acceptors (Lipinski definition) is 5. The predicted molar refractivity (Wildman–Crippen MR) is 93.4 cm³/mol. The zero-order valence-corrected chi connectivity index (χ0v) is 14.5. The highest BCUT2D eigenvalue weighted by Gasteiger charge is 2.33. The van der Waals surface area contributed by atoms with E-state index < -0.39 is 0 Å². The molecule has 2 aliphatic rings. The maximum atomic E-state index is 12.7. The summed E-state index contributed by atoms with van der Waals surface area (Å²) in [5.74, 6) is 1.02. The standard InChI is InChI=1S/C18H27N3O3/c1-13-17(19-8-11-24-13)18(22)21-9-6-14(7-10-21)20-15-4-3-5-16(12-15)23-2/h3-5,12-14,17,19-20H,6-11H2,1-2H3/t13-,17+/m1/s1. The predicted octanol–water partition coefficient (Wildman–Crippen LogP) is 1.47. The molecule has 2 fully saturated rings. The minimum Gasteiger partial charge on any atom is -0.497 e. The molecule has 0 spiro atoms. The van der Waals surface area contributed by atoms with Crippen LogP contribution in [0.15, 0.2) is 24.3 Å². The minimum absolute atomic E-state index is 0.0566. The maximum Gasteiger partial charge on any atom is 0.242 e. The van der Waals surface area contributed by atoms with Crippen LogP contribution in [-0.4, -0.2) is 62.3 Å². The van der Waals surface area contributed by atoms with E-state index in [0.717, 1.165) is 43.9 Å². The van der Waals surface area contributed by atoms with Gasteiger partial charge in [-0.25, -0.2) is 0 Å². The lowest BCUT2D eigenvalue weighted by Crippen LogP contribution is -2.58. The number of hydrogen-bond donors (Lipinski definition) is 2. The Hall–Kier alpha value is -1.79. The van der Waals surface area contributed by atoms with Gasteiger partial charge in [-0.05, 0) is 31.9 Å². The second-order valence-electron chi connectivity index (χ2n) is 6.48. The van der Waals surface area contributed by atoms with E-state index in [-0.39, 0.29) is 18.1 Å². The summed E-state index contributed by atoms with van der Waals surface area (Å²) in [6.45, 7) is 4.95. The van der Waals surface area contributed by atoms with E-state index >= 15 is 0 Å². The summed E-state index contributed by atoms with van der Waals surface area (Å²) in [7, 11) is 1.67. The van der Waals surface area contributed by atoms with Gasteiger partial charge in [-0.2, -0.15) is 0 Å². The van der Waals surface area contributed by atoms with Crippen molar-refractivity contribution in [3.8, 4) is 5.75 Å². The van der Waals surface area contributed by atoms with Crippen molar-refractivity contribution in [3.05, 3.63) is 24.3 Å². The SMILES string of the molecule is COc1cccc(NC2CCN(C(=O)[C@H]3NCCO[C@@H]3C)CC2)c1. The summed E-state index contributed by atoms with van der Waals surface area (Å²) in [5.41, 5.74) is 1.06. The zero-order valence-electron chi connectivity index (χ0n) is 14.5. The molecule has 2 aliphatic heterocycles. The molecule has 0 aromatic heterocycles. The van der Waals surface area contributed by atoms with Gasteiger partial charge >= 0.3 is 0 Å². The largest absolute Gasteiger partial charge is 0.497 e. The normalized spacial score (nSPS) is 25.3. The lowest BCUT2D eigenvalue weighted by atomic mass is 10.0. The van der Waals surface area contributed by atoms with Crippen molar-refractivity contribution >= 4 is 11.6 Å². The summed E-state index contributed by atoms with van der Waals surface area (Å²) >= 11 is 0. The van der Waals surface area contributed by atoms with E-state index in [4.69, 9.17) is 9.47 Å². The Labute approximate surface area is 143 Å². The van der Waals surface area contributed by atoms with Crippen molar-refractivity contribution in [2.75, 3.05) is 38.7 Å². The first-order valence-corrected chi connectivity index (χ1v) is 8.72. The molecular formula is C18H27N3O3. The van der Waals surface area contributed by atoms with Crippen LogP contribution in [0.2, 0.25) is 0 Å². The molecule has 0 saturated carbocycles. The van der Waals surface area contributed by atoms with Gasteiger partial charge in [0.1, 0.15) is 11.8 Å².